The van der Waals surface area contributed by atoms with Crippen LogP contribution in [0.3, 0.4) is 0 Å². The van der Waals surface area contributed by atoms with Crippen molar-refractivity contribution >= 4 is 61.0 Å². The molecule has 0 spiro atoms. The van der Waals surface area contributed by atoms with Crippen molar-refractivity contribution in [3.63, 3.8) is 0 Å². The number of aromatic hydroxyl groups is 1. The largest absolute Gasteiger partial charge is 0.508 e. The Morgan fingerprint density at radius 3 is 2.04 bits per heavy atom. The Balaban J connectivity index is 2.45. The number of hydrogen-bond acceptors (Lipinski definition) is 8. The minimum Gasteiger partial charge on any atom is -0.508 e. The van der Waals surface area contributed by atoms with Crippen LogP contribution in [0.15, 0.2) is 42.5 Å². The van der Waals surface area contributed by atoms with Crippen molar-refractivity contribution in [2.75, 3.05) is 6.54 Å². The Morgan fingerprint density at radius 2 is 1.50 bits per heavy atom. The van der Waals surface area contributed by atoms with Crippen molar-refractivity contribution in [1.82, 2.24) is 21.3 Å². The molecular formula is C32H53B4N9O5. The topological polar surface area (TPSA) is 265 Å². The van der Waals surface area contributed by atoms with E-state index in [2.05, 4.69) is 21.3 Å². The summed E-state index contributed by atoms with van der Waals surface area (Å²) in [6.07, 6.45) is 1.99. The van der Waals surface area contributed by atoms with Crippen molar-refractivity contribution in [2.45, 2.75) is 87.1 Å². The molecule has 0 aliphatic heterocycles. The molecule has 0 heterocycles. The minimum atomic E-state index is -1.56. The zero-order valence-corrected chi connectivity index (χ0v) is 30.2. The molecule has 14 nitrogen and oxygen atoms in total. The van der Waals surface area contributed by atoms with Crippen LogP contribution in [0.2, 0.25) is 0 Å². The van der Waals surface area contributed by atoms with Crippen LogP contribution in [0, 0.1) is 19.3 Å². The van der Waals surface area contributed by atoms with Crippen LogP contribution in [0.25, 0.3) is 0 Å². The van der Waals surface area contributed by atoms with Crippen LogP contribution in [-0.4, -0.2) is 101 Å². The maximum Gasteiger partial charge on any atom is 0.243 e. The van der Waals surface area contributed by atoms with Crippen LogP contribution in [0.5, 0.6) is 5.75 Å². The predicted octanol–water partition coefficient (Wildman–Crippen LogP) is -4.70. The van der Waals surface area contributed by atoms with Gasteiger partial charge in [-0.25, -0.2) is 0 Å². The van der Waals surface area contributed by atoms with E-state index in [0.717, 1.165) is 11.1 Å². The number of rotatable bonds is 19. The van der Waals surface area contributed by atoms with Crippen LogP contribution >= 0.6 is 0 Å². The fourth-order valence-corrected chi connectivity index (χ4v) is 5.74. The Morgan fingerprint density at radius 1 is 0.900 bits per heavy atom. The number of hydrogen-bond donors (Lipinski definition) is 10. The number of phenolic OH excluding ortho intramolecular Hbond substituents is 1. The highest BCUT2D eigenvalue weighted by molar-refractivity contribution is 6.39. The minimum absolute atomic E-state index is 0.0364. The van der Waals surface area contributed by atoms with Gasteiger partial charge in [0.25, 0.3) is 0 Å². The molecule has 268 valence electrons. The van der Waals surface area contributed by atoms with Crippen molar-refractivity contribution < 1.29 is 24.3 Å². The second-order valence-electron chi connectivity index (χ2n) is 14.4. The molecule has 0 saturated carbocycles. The molecular weight excluding hydrogens is 634 g/mol. The maximum atomic E-state index is 14.2. The number of primary amides is 1. The van der Waals surface area contributed by atoms with Crippen molar-refractivity contribution in [2.24, 2.45) is 22.9 Å². The van der Waals surface area contributed by atoms with Crippen molar-refractivity contribution in [1.29, 1.82) is 5.41 Å². The van der Waals surface area contributed by atoms with E-state index in [0.29, 0.717) is 36.9 Å². The molecule has 0 aromatic heterocycles. The second-order valence-corrected chi connectivity index (χ2v) is 14.4. The van der Waals surface area contributed by atoms with Gasteiger partial charge in [-0.15, -0.1) is 0 Å². The van der Waals surface area contributed by atoms with Gasteiger partial charge >= 0.3 is 0 Å². The van der Waals surface area contributed by atoms with Gasteiger partial charge in [0.1, 0.15) is 43.2 Å². The average Bonchev–Trinajstić information content (AvgIpc) is 2.99. The third kappa shape index (κ3) is 13.1. The lowest BCUT2D eigenvalue weighted by atomic mass is 9.59. The standard InChI is InChI=1S/C32H53B4N9O5/c1-18-14-21(46)15-19(2)22(18)16-24(43-25(47)23(37)10-6-13-42-29(39)40)26(48)44-30(33,11-7-12-32(35,36)41)28(50)45-31(34,27(38)49)17-20-8-4-3-5-9-20/h3-5,8-9,14-15,23-24,46H,6-7,10-13,16-17,33-37,41H2,1-2H3,(H2,38,49)(H,43,47)(H,44,48)(H,45,50)(H4,39,40,42)/t23-,24+,30+,31+/m1/s1. The molecule has 4 amide bonds. The number of nitrogens with one attached hydrogen (secondary N) is 5. The summed E-state index contributed by atoms with van der Waals surface area (Å²) >= 11 is 0. The lowest BCUT2D eigenvalue weighted by Crippen LogP contribution is -2.69. The van der Waals surface area contributed by atoms with Crippen molar-refractivity contribution in [3.8, 4) is 5.75 Å². The Kier molecular flexibility index (Phi) is 15.0. The number of amides is 4. The summed E-state index contributed by atoms with van der Waals surface area (Å²) in [5, 5.41) is 28.0. The summed E-state index contributed by atoms with van der Waals surface area (Å²) in [5.74, 6) is -2.74. The molecule has 2 aromatic rings. The highest BCUT2D eigenvalue weighted by atomic mass is 16.3. The number of phenols is 1. The van der Waals surface area contributed by atoms with Crippen molar-refractivity contribution in [3.05, 3.63) is 64.7 Å². The summed E-state index contributed by atoms with van der Waals surface area (Å²) in [6, 6.07) is 10.1. The highest BCUT2D eigenvalue weighted by Gasteiger charge is 2.42. The summed E-state index contributed by atoms with van der Waals surface area (Å²) in [4.78, 5) is 54.5. The fourth-order valence-electron chi connectivity index (χ4n) is 5.74. The van der Waals surface area contributed by atoms with Gasteiger partial charge in [0.05, 0.1) is 16.9 Å². The van der Waals surface area contributed by atoms with Gasteiger partial charge in [-0.1, -0.05) is 43.2 Å². The van der Waals surface area contributed by atoms with E-state index in [1.165, 1.54) is 7.85 Å². The summed E-state index contributed by atoms with van der Waals surface area (Å²) < 4.78 is 0. The monoisotopic (exact) mass is 687 g/mol. The molecule has 0 radical (unpaired) electrons. The van der Waals surface area contributed by atoms with Crippen LogP contribution in [0.1, 0.15) is 54.4 Å². The summed E-state index contributed by atoms with van der Waals surface area (Å²) in [6.45, 7) is 3.92. The SMILES string of the molecule is BC(B)(N)CCC[C@](B)(NC(=O)[C@H](Cc1c(C)cc(O)cc1C)NC(=O)[C@H](N)CCCNC(=N)N)C(=O)N[C@@](B)(Cc1ccccc1)C(N)=O. The number of aryl methyl sites for hydroxylation is 2. The number of carbonyl (C=O) groups excluding carboxylic acids is 4. The van der Waals surface area contributed by atoms with Gasteiger partial charge in [-0.3, -0.25) is 24.6 Å². The zero-order chi connectivity index (χ0) is 37.9. The molecule has 2 rings (SSSR count). The fraction of sp³-hybridized carbons (Fsp3) is 0.469. The number of benzene rings is 2. The van der Waals surface area contributed by atoms with E-state index in [1.54, 1.807) is 33.8 Å². The maximum absolute atomic E-state index is 14.2. The van der Waals surface area contributed by atoms with E-state index in [4.69, 9.17) is 28.3 Å². The average molecular weight is 687 g/mol. The van der Waals surface area contributed by atoms with E-state index in [-0.39, 0.29) is 37.4 Å². The lowest BCUT2D eigenvalue weighted by molar-refractivity contribution is -0.135. The Labute approximate surface area is 298 Å². The highest BCUT2D eigenvalue weighted by Crippen LogP contribution is 2.23. The lowest BCUT2D eigenvalue weighted by Gasteiger charge is -2.37. The third-order valence-corrected chi connectivity index (χ3v) is 8.80. The number of carbonyl (C=O) groups is 4. The molecule has 2 aromatic carbocycles. The van der Waals surface area contributed by atoms with Crippen LogP contribution in [0.4, 0.5) is 0 Å². The molecule has 50 heavy (non-hydrogen) atoms. The van der Waals surface area contributed by atoms with Gasteiger partial charge in [0, 0.05) is 13.0 Å². The first-order chi connectivity index (χ1) is 23.2. The van der Waals surface area contributed by atoms with Gasteiger partial charge in [0.15, 0.2) is 5.96 Å². The van der Waals surface area contributed by atoms with E-state index >= 15 is 0 Å². The van der Waals surface area contributed by atoms with Crippen LogP contribution < -0.4 is 44.2 Å². The molecule has 4 atom stereocenters. The Bertz CT molecular complexity index is 1510. The van der Waals surface area contributed by atoms with E-state index in [9.17, 15) is 24.3 Å². The van der Waals surface area contributed by atoms with Gasteiger partial charge in [0.2, 0.25) is 23.6 Å². The first-order valence-electron chi connectivity index (χ1n) is 16.9. The molecule has 0 bridgehead atoms. The molecule has 0 fully saturated rings. The van der Waals surface area contributed by atoms with Gasteiger partial charge < -0.3 is 49.3 Å². The quantitative estimate of drug-likeness (QED) is 0.0294. The first-order valence-corrected chi connectivity index (χ1v) is 16.9. The first kappa shape index (κ1) is 41.7. The molecule has 0 unspecified atom stereocenters. The number of nitrogens with two attached hydrogens (primary N) is 4. The van der Waals surface area contributed by atoms with E-state index < -0.39 is 51.9 Å². The number of guanidine groups is 1. The molecule has 0 saturated heterocycles. The predicted molar refractivity (Wildman–Crippen MR) is 206 cm³/mol. The summed E-state index contributed by atoms with van der Waals surface area (Å²) in [5.41, 5.74) is 23.4. The third-order valence-electron chi connectivity index (χ3n) is 8.80. The van der Waals surface area contributed by atoms with E-state index in [1.807, 2.05) is 46.0 Å². The Hall–Kier alpha value is -4.43. The van der Waals surface area contributed by atoms with Crippen LogP contribution in [-0.2, 0) is 32.0 Å². The normalized spacial score (nSPS) is 15.0. The molecule has 14 N–H and O–H groups in total. The van der Waals surface area contributed by atoms with Gasteiger partial charge in [-0.05, 0) is 79.3 Å². The molecule has 0 aliphatic carbocycles. The van der Waals surface area contributed by atoms with Gasteiger partial charge in [-0.2, -0.15) is 0 Å². The summed E-state index contributed by atoms with van der Waals surface area (Å²) in [7, 11) is 6.83. The second kappa shape index (κ2) is 18.0. The molecule has 18 heteroatoms. The smallest absolute Gasteiger partial charge is 0.243 e. The zero-order valence-electron chi connectivity index (χ0n) is 30.2. The molecule has 0 aliphatic rings.